The number of hydrogen-bond donors (Lipinski definition) is 0. The van der Waals surface area contributed by atoms with Gasteiger partial charge in [0.25, 0.3) is 5.91 Å². The molecule has 0 radical (unpaired) electrons. The van der Waals surface area contributed by atoms with E-state index in [9.17, 15) is 4.79 Å². The van der Waals surface area contributed by atoms with E-state index in [1.54, 1.807) is 39.5 Å². The maximum atomic E-state index is 14.5. The summed E-state index contributed by atoms with van der Waals surface area (Å²) in [6, 6.07) is 35.0. The van der Waals surface area contributed by atoms with Crippen LogP contribution < -0.4 is 23.8 Å². The standard InChI is InChI=1S/C45H41N5O5/c1-6-30-14-19-35(46-28-30)22-23-55-36-20-17-33(18-21-36)38-27-37(32-15-12-29(2)13-16-32)48-45(49-38)50-43(34-10-8-7-9-11-34)47-39(44(50)51)24-31-25-40(52-3)42(54-5)41(26-31)53-4/h7-21,24-28H,6,22-23H2,1-5H3/b39-24-. The van der Waals surface area contributed by atoms with Crippen LogP contribution in [0.15, 0.2) is 126 Å². The smallest absolute Gasteiger partial charge is 0.285 e. The molecule has 7 rings (SSSR count). The summed E-state index contributed by atoms with van der Waals surface area (Å²) in [7, 11) is 4.63. The van der Waals surface area contributed by atoms with Gasteiger partial charge < -0.3 is 18.9 Å². The number of aromatic nitrogens is 3. The predicted octanol–water partition coefficient (Wildman–Crippen LogP) is 8.56. The number of amides is 1. The van der Waals surface area contributed by atoms with E-state index in [1.807, 2.05) is 98.0 Å². The molecule has 55 heavy (non-hydrogen) atoms. The summed E-state index contributed by atoms with van der Waals surface area (Å²) < 4.78 is 22.7. The summed E-state index contributed by atoms with van der Waals surface area (Å²) >= 11 is 0. The van der Waals surface area contributed by atoms with Crippen molar-refractivity contribution in [3.8, 4) is 45.5 Å². The summed E-state index contributed by atoms with van der Waals surface area (Å²) in [6.45, 7) is 4.65. The first-order valence-electron chi connectivity index (χ1n) is 18.0. The third-order valence-electron chi connectivity index (χ3n) is 9.22. The maximum Gasteiger partial charge on any atom is 0.285 e. The molecule has 276 valence electrons. The van der Waals surface area contributed by atoms with Crippen LogP contribution in [-0.4, -0.2) is 54.6 Å². The van der Waals surface area contributed by atoms with Gasteiger partial charge in [-0.05, 0) is 79.1 Å². The van der Waals surface area contributed by atoms with Gasteiger partial charge in [0.05, 0.1) is 39.3 Å². The average molecular weight is 732 g/mol. The third kappa shape index (κ3) is 8.08. The van der Waals surface area contributed by atoms with Gasteiger partial charge in [0.1, 0.15) is 11.4 Å². The minimum absolute atomic E-state index is 0.191. The minimum atomic E-state index is -0.387. The lowest BCUT2D eigenvalue weighted by Gasteiger charge is -2.18. The summed E-state index contributed by atoms with van der Waals surface area (Å²) in [5.74, 6) is 2.30. The van der Waals surface area contributed by atoms with E-state index in [4.69, 9.17) is 33.9 Å². The van der Waals surface area contributed by atoms with Crippen LogP contribution in [0.5, 0.6) is 23.0 Å². The molecule has 2 aromatic heterocycles. The molecule has 10 heteroatoms. The molecule has 0 atom stereocenters. The van der Waals surface area contributed by atoms with Gasteiger partial charge in [-0.1, -0.05) is 73.2 Å². The van der Waals surface area contributed by atoms with Crippen LogP contribution in [0.3, 0.4) is 0 Å². The van der Waals surface area contributed by atoms with Gasteiger partial charge in [0.2, 0.25) is 11.7 Å². The number of carbonyl (C=O) groups excluding carboxylic acids is 1. The second-order valence-corrected chi connectivity index (χ2v) is 12.9. The number of benzene rings is 4. The number of rotatable bonds is 13. The van der Waals surface area contributed by atoms with Crippen molar-refractivity contribution in [3.05, 3.63) is 149 Å². The lowest BCUT2D eigenvalue weighted by atomic mass is 10.1. The molecule has 1 aliphatic rings. The fourth-order valence-electron chi connectivity index (χ4n) is 6.19. The first-order chi connectivity index (χ1) is 26.9. The molecular weight excluding hydrogens is 691 g/mol. The van der Waals surface area contributed by atoms with E-state index >= 15 is 0 Å². The van der Waals surface area contributed by atoms with Crippen LogP contribution in [0.1, 0.15) is 34.9 Å². The molecule has 1 amide bonds. The zero-order valence-electron chi connectivity index (χ0n) is 31.4. The molecule has 0 N–H and O–H groups in total. The summed E-state index contributed by atoms with van der Waals surface area (Å²) in [5, 5.41) is 0. The molecule has 0 aliphatic carbocycles. The second-order valence-electron chi connectivity index (χ2n) is 12.9. The van der Waals surface area contributed by atoms with Gasteiger partial charge >= 0.3 is 0 Å². The van der Waals surface area contributed by atoms with Crippen molar-refractivity contribution < 1.29 is 23.7 Å². The monoisotopic (exact) mass is 731 g/mol. The van der Waals surface area contributed by atoms with Gasteiger partial charge in [-0.2, -0.15) is 0 Å². The highest BCUT2D eigenvalue weighted by molar-refractivity contribution is 6.32. The molecule has 3 heterocycles. The van der Waals surface area contributed by atoms with Crippen LogP contribution >= 0.6 is 0 Å². The topological polar surface area (TPSA) is 108 Å². The Morgan fingerprint density at radius 3 is 1.96 bits per heavy atom. The van der Waals surface area contributed by atoms with Gasteiger partial charge in [-0.3, -0.25) is 9.78 Å². The number of methoxy groups -OCH3 is 3. The second kappa shape index (κ2) is 16.5. The Morgan fingerprint density at radius 1 is 0.727 bits per heavy atom. The fourth-order valence-corrected chi connectivity index (χ4v) is 6.19. The predicted molar refractivity (Wildman–Crippen MR) is 215 cm³/mol. The Hall–Kier alpha value is -6.81. The molecule has 0 spiro atoms. The number of carbonyl (C=O) groups is 1. The molecule has 0 bridgehead atoms. The number of amidine groups is 1. The highest BCUT2D eigenvalue weighted by atomic mass is 16.5. The van der Waals surface area contributed by atoms with E-state index in [0.717, 1.165) is 40.1 Å². The Kier molecular flexibility index (Phi) is 10.9. The molecular formula is C45H41N5O5. The van der Waals surface area contributed by atoms with Gasteiger partial charge in [-0.25, -0.2) is 19.9 Å². The first kappa shape index (κ1) is 36.5. The van der Waals surface area contributed by atoms with Crippen molar-refractivity contribution in [1.82, 2.24) is 15.0 Å². The molecule has 10 nitrogen and oxygen atoms in total. The summed E-state index contributed by atoms with van der Waals surface area (Å²) in [4.78, 5) is 35.4. The Morgan fingerprint density at radius 2 is 1.38 bits per heavy atom. The van der Waals surface area contributed by atoms with Gasteiger partial charge in [0, 0.05) is 35.0 Å². The van der Waals surface area contributed by atoms with Gasteiger partial charge in [0.15, 0.2) is 17.3 Å². The number of anilines is 1. The Labute approximate surface area is 320 Å². The maximum absolute atomic E-state index is 14.5. The van der Waals surface area contributed by atoms with Crippen molar-refractivity contribution in [1.29, 1.82) is 0 Å². The van der Waals surface area contributed by atoms with Crippen LogP contribution in [-0.2, 0) is 17.6 Å². The SMILES string of the molecule is CCc1ccc(CCOc2ccc(-c3cc(-c4ccc(C)cc4)nc(N4C(=O)/C(=C/c5cc(OC)c(OC)c(OC)c5)N=C4c4ccccc4)n3)cc2)nc1. The van der Waals surface area contributed by atoms with Crippen molar-refractivity contribution in [2.24, 2.45) is 4.99 Å². The largest absolute Gasteiger partial charge is 0.493 e. The van der Waals surface area contributed by atoms with Crippen LogP contribution in [0.4, 0.5) is 5.95 Å². The van der Waals surface area contributed by atoms with E-state index in [2.05, 4.69) is 24.0 Å². The molecule has 0 unspecified atom stereocenters. The van der Waals surface area contributed by atoms with Gasteiger partial charge in [-0.15, -0.1) is 0 Å². The van der Waals surface area contributed by atoms with Crippen LogP contribution in [0.25, 0.3) is 28.6 Å². The van der Waals surface area contributed by atoms with Crippen molar-refractivity contribution in [2.45, 2.75) is 26.7 Å². The van der Waals surface area contributed by atoms with E-state index < -0.39 is 0 Å². The van der Waals surface area contributed by atoms with E-state index in [0.29, 0.717) is 53.1 Å². The number of aryl methyl sites for hydroxylation is 2. The van der Waals surface area contributed by atoms with Crippen molar-refractivity contribution >= 4 is 23.8 Å². The summed E-state index contributed by atoms with van der Waals surface area (Å²) in [5.41, 5.74) is 7.89. The summed E-state index contributed by atoms with van der Waals surface area (Å²) in [6.07, 6.45) is 5.27. The highest BCUT2D eigenvalue weighted by Gasteiger charge is 2.35. The molecule has 1 aliphatic heterocycles. The van der Waals surface area contributed by atoms with Crippen LogP contribution in [0.2, 0.25) is 0 Å². The lowest BCUT2D eigenvalue weighted by molar-refractivity contribution is -0.113. The minimum Gasteiger partial charge on any atom is -0.493 e. The number of hydrogen-bond acceptors (Lipinski definition) is 9. The first-order valence-corrected chi connectivity index (χ1v) is 18.0. The quantitative estimate of drug-likeness (QED) is 0.109. The Bertz CT molecular complexity index is 2330. The molecule has 4 aromatic carbocycles. The van der Waals surface area contributed by atoms with E-state index in [-0.39, 0.29) is 17.6 Å². The fraction of sp³-hybridized carbons (Fsp3) is 0.178. The van der Waals surface area contributed by atoms with Crippen molar-refractivity contribution in [2.75, 3.05) is 32.8 Å². The number of nitrogens with zero attached hydrogens (tertiary/aromatic N) is 5. The normalized spacial score (nSPS) is 13.2. The molecule has 6 aromatic rings. The molecule has 0 saturated heterocycles. The molecule has 0 saturated carbocycles. The van der Waals surface area contributed by atoms with E-state index in [1.165, 1.54) is 10.5 Å². The number of pyridine rings is 1. The van der Waals surface area contributed by atoms with Crippen LogP contribution in [0, 0.1) is 6.92 Å². The average Bonchev–Trinajstić information content (AvgIpc) is 3.56. The number of aliphatic imine (C=N–C) groups is 1. The van der Waals surface area contributed by atoms with Crippen molar-refractivity contribution in [3.63, 3.8) is 0 Å². The number of ether oxygens (including phenoxy) is 4. The Balaban J connectivity index is 1.26. The zero-order chi connectivity index (χ0) is 38.3. The third-order valence-corrected chi connectivity index (χ3v) is 9.22. The lowest BCUT2D eigenvalue weighted by Crippen LogP contribution is -2.34. The zero-order valence-corrected chi connectivity index (χ0v) is 31.4. The highest BCUT2D eigenvalue weighted by Crippen LogP contribution is 2.39. The molecule has 0 fully saturated rings.